The second-order valence-corrected chi connectivity index (χ2v) is 7.21. The average molecular weight is 518 g/mol. The van der Waals surface area contributed by atoms with Gasteiger partial charge in [-0.05, 0) is 37.5 Å². The average Bonchev–Trinajstić information content (AvgIpc) is 3.24. The Hall–Kier alpha value is -1.26. The van der Waals surface area contributed by atoms with E-state index in [1.165, 1.54) is 12.0 Å². The number of aliphatic imine (C=N–C) groups is 1. The molecule has 1 atom stereocenters. The van der Waals surface area contributed by atoms with Gasteiger partial charge in [-0.3, -0.25) is 9.89 Å². The minimum atomic E-state index is 0. The molecule has 0 bridgehead atoms. The lowest BCUT2D eigenvalue weighted by molar-refractivity contribution is 0.0195. The first kappa shape index (κ1) is 24.0. The molecule has 1 unspecified atom stereocenters. The summed E-state index contributed by atoms with van der Waals surface area (Å²) in [6.45, 7) is 9.67. The van der Waals surface area contributed by atoms with Crippen molar-refractivity contribution < 1.29 is 14.2 Å². The minimum absolute atomic E-state index is 0. The molecule has 1 aromatic rings. The summed E-state index contributed by atoms with van der Waals surface area (Å²) >= 11 is 0. The van der Waals surface area contributed by atoms with E-state index in [1.54, 1.807) is 14.2 Å². The Morgan fingerprint density at radius 2 is 1.93 bits per heavy atom. The van der Waals surface area contributed by atoms with Crippen molar-refractivity contribution in [2.24, 2.45) is 4.99 Å². The Labute approximate surface area is 191 Å². The molecule has 3 rings (SSSR count). The van der Waals surface area contributed by atoms with Crippen molar-refractivity contribution in [3.63, 3.8) is 0 Å². The second kappa shape index (κ2) is 12.4. The van der Waals surface area contributed by atoms with Gasteiger partial charge in [0, 0.05) is 45.3 Å². The lowest BCUT2D eigenvalue weighted by atomic mass is 10.1. The molecule has 29 heavy (non-hydrogen) atoms. The number of halogens is 1. The zero-order valence-corrected chi connectivity index (χ0v) is 20.2. The Kier molecular flexibility index (Phi) is 10.3. The molecule has 0 saturated carbocycles. The first-order valence-electron chi connectivity index (χ1n) is 10.3. The summed E-state index contributed by atoms with van der Waals surface area (Å²) in [5.74, 6) is 2.55. The Balaban J connectivity index is 0.00000300. The molecule has 0 aromatic heterocycles. The summed E-state index contributed by atoms with van der Waals surface area (Å²) in [7, 11) is 3.33. The Bertz CT molecular complexity index is 653. The van der Waals surface area contributed by atoms with Crippen molar-refractivity contribution in [2.45, 2.75) is 25.8 Å². The predicted molar refractivity (Wildman–Crippen MR) is 127 cm³/mol. The fourth-order valence-corrected chi connectivity index (χ4v) is 3.93. The molecule has 164 valence electrons. The molecule has 0 radical (unpaired) electrons. The number of methoxy groups -OCH3 is 2. The quantitative estimate of drug-likeness (QED) is 0.340. The van der Waals surface area contributed by atoms with E-state index in [-0.39, 0.29) is 24.0 Å². The summed E-state index contributed by atoms with van der Waals surface area (Å²) in [6, 6.07) is 6.68. The lowest BCUT2D eigenvalue weighted by Gasteiger charge is -2.32. The number of guanidine groups is 1. The van der Waals surface area contributed by atoms with Crippen LogP contribution in [0.25, 0.3) is 0 Å². The Morgan fingerprint density at radius 1 is 1.17 bits per heavy atom. The van der Waals surface area contributed by atoms with E-state index in [4.69, 9.17) is 19.2 Å². The maximum Gasteiger partial charge on any atom is 0.193 e. The van der Waals surface area contributed by atoms with Gasteiger partial charge in [0.1, 0.15) is 0 Å². The van der Waals surface area contributed by atoms with Gasteiger partial charge in [0.25, 0.3) is 0 Å². The topological polar surface area (TPSA) is 58.6 Å². The van der Waals surface area contributed by atoms with Crippen molar-refractivity contribution in [3.8, 4) is 11.5 Å². The molecular weight excluding hydrogens is 483 g/mol. The van der Waals surface area contributed by atoms with Gasteiger partial charge in [-0.2, -0.15) is 0 Å². The molecule has 8 heteroatoms. The Morgan fingerprint density at radius 3 is 2.62 bits per heavy atom. The van der Waals surface area contributed by atoms with E-state index in [0.717, 1.165) is 76.4 Å². The van der Waals surface area contributed by atoms with Crippen LogP contribution in [-0.2, 0) is 11.2 Å². The van der Waals surface area contributed by atoms with Crippen molar-refractivity contribution in [1.29, 1.82) is 0 Å². The third kappa shape index (κ3) is 6.62. The first-order valence-corrected chi connectivity index (χ1v) is 10.3. The summed E-state index contributed by atoms with van der Waals surface area (Å²) in [6.07, 6.45) is 2.07. The normalized spacial score (nSPS) is 20.3. The molecule has 2 heterocycles. The highest BCUT2D eigenvalue weighted by molar-refractivity contribution is 14.0. The number of hydrogen-bond acceptors (Lipinski definition) is 5. The number of ether oxygens (including phenoxy) is 3. The fourth-order valence-electron chi connectivity index (χ4n) is 3.93. The van der Waals surface area contributed by atoms with E-state index in [0.29, 0.717) is 6.04 Å². The van der Waals surface area contributed by atoms with E-state index in [9.17, 15) is 0 Å². The number of benzene rings is 1. The van der Waals surface area contributed by atoms with Crippen LogP contribution in [0.3, 0.4) is 0 Å². The number of nitrogens with one attached hydrogen (secondary N) is 1. The fraction of sp³-hybridized carbons (Fsp3) is 0.667. The van der Waals surface area contributed by atoms with E-state index in [2.05, 4.69) is 28.1 Å². The van der Waals surface area contributed by atoms with Crippen molar-refractivity contribution in [2.75, 3.05) is 66.7 Å². The molecule has 2 saturated heterocycles. The van der Waals surface area contributed by atoms with Gasteiger partial charge >= 0.3 is 0 Å². The van der Waals surface area contributed by atoms with Gasteiger partial charge in [0.15, 0.2) is 17.5 Å². The van der Waals surface area contributed by atoms with E-state index >= 15 is 0 Å². The van der Waals surface area contributed by atoms with E-state index in [1.807, 2.05) is 12.1 Å². The number of rotatable bonds is 7. The molecule has 0 amide bonds. The zero-order chi connectivity index (χ0) is 19.8. The van der Waals surface area contributed by atoms with Crippen molar-refractivity contribution in [3.05, 3.63) is 23.8 Å². The van der Waals surface area contributed by atoms with E-state index < -0.39 is 0 Å². The minimum Gasteiger partial charge on any atom is -0.493 e. The highest BCUT2D eigenvalue weighted by atomic mass is 127. The lowest BCUT2D eigenvalue weighted by Crippen LogP contribution is -2.46. The number of hydrogen-bond donors (Lipinski definition) is 1. The molecular formula is C21H35IN4O3. The number of morpholine rings is 1. The van der Waals surface area contributed by atoms with Gasteiger partial charge in [0.2, 0.25) is 0 Å². The molecule has 2 fully saturated rings. The van der Waals surface area contributed by atoms with Crippen LogP contribution in [0.1, 0.15) is 18.9 Å². The monoisotopic (exact) mass is 518 g/mol. The number of nitrogens with zero attached hydrogens (tertiary/aromatic N) is 3. The van der Waals surface area contributed by atoms with Crippen LogP contribution in [0.2, 0.25) is 0 Å². The standard InChI is InChI=1S/C21H34N4O3.HI/c1-4-22-21(25-10-8-18(16-25)24-11-13-28-14-12-24)23-9-7-17-5-6-19(26-2)20(15-17)27-3;/h5-6,15,18H,4,7-14,16H2,1-3H3,(H,22,23);1H. The van der Waals surface area contributed by atoms with Gasteiger partial charge in [0.05, 0.1) is 27.4 Å². The molecule has 7 nitrogen and oxygen atoms in total. The van der Waals surface area contributed by atoms with Gasteiger partial charge in [-0.15, -0.1) is 24.0 Å². The predicted octanol–water partition coefficient (Wildman–Crippen LogP) is 2.24. The summed E-state index contributed by atoms with van der Waals surface area (Å²) in [5, 5.41) is 3.46. The third-order valence-corrected chi connectivity index (χ3v) is 5.47. The van der Waals surface area contributed by atoms with Crippen LogP contribution in [0.4, 0.5) is 0 Å². The summed E-state index contributed by atoms with van der Waals surface area (Å²) in [5.41, 5.74) is 1.20. The smallest absolute Gasteiger partial charge is 0.193 e. The van der Waals surface area contributed by atoms with Crippen LogP contribution in [0.15, 0.2) is 23.2 Å². The highest BCUT2D eigenvalue weighted by Gasteiger charge is 2.30. The van der Waals surface area contributed by atoms with Crippen LogP contribution >= 0.6 is 24.0 Å². The maximum atomic E-state index is 5.49. The molecule has 1 aromatic carbocycles. The molecule has 0 aliphatic carbocycles. The largest absolute Gasteiger partial charge is 0.493 e. The van der Waals surface area contributed by atoms with Crippen LogP contribution < -0.4 is 14.8 Å². The molecule has 2 aliphatic heterocycles. The molecule has 1 N–H and O–H groups in total. The van der Waals surface area contributed by atoms with Gasteiger partial charge in [-0.25, -0.2) is 0 Å². The molecule has 2 aliphatic rings. The highest BCUT2D eigenvalue weighted by Crippen LogP contribution is 2.27. The first-order chi connectivity index (χ1) is 13.7. The SMILES string of the molecule is CCNC(=NCCc1ccc(OC)c(OC)c1)N1CCC(N2CCOCC2)C1.I. The van der Waals surface area contributed by atoms with Crippen molar-refractivity contribution in [1.82, 2.24) is 15.1 Å². The van der Waals surface area contributed by atoms with Crippen LogP contribution in [-0.4, -0.2) is 88.5 Å². The second-order valence-electron chi connectivity index (χ2n) is 7.21. The van der Waals surface area contributed by atoms with Crippen molar-refractivity contribution >= 4 is 29.9 Å². The van der Waals surface area contributed by atoms with Gasteiger partial charge in [-0.1, -0.05) is 6.07 Å². The summed E-state index contributed by atoms with van der Waals surface area (Å²) < 4.78 is 16.2. The third-order valence-electron chi connectivity index (χ3n) is 5.47. The van der Waals surface area contributed by atoms with Crippen LogP contribution in [0, 0.1) is 0 Å². The number of likely N-dealkylation sites (tertiary alicyclic amines) is 1. The van der Waals surface area contributed by atoms with Gasteiger partial charge < -0.3 is 24.4 Å². The zero-order valence-electron chi connectivity index (χ0n) is 17.9. The summed E-state index contributed by atoms with van der Waals surface area (Å²) in [4.78, 5) is 9.85. The molecule has 0 spiro atoms. The van der Waals surface area contributed by atoms with Crippen LogP contribution in [0.5, 0.6) is 11.5 Å². The maximum absolute atomic E-state index is 5.49.